The van der Waals surface area contributed by atoms with Gasteiger partial charge in [0.05, 0.1) is 5.25 Å². The highest BCUT2D eigenvalue weighted by Crippen LogP contribution is 2.37. The molecule has 1 N–H and O–H groups in total. The highest BCUT2D eigenvalue weighted by atomic mass is 32.2. The summed E-state index contributed by atoms with van der Waals surface area (Å²) in [6, 6.07) is 10.3. The predicted molar refractivity (Wildman–Crippen MR) is 94.9 cm³/mol. The average molecular weight is 327 g/mol. The Morgan fingerprint density at radius 1 is 1.39 bits per heavy atom. The van der Waals surface area contributed by atoms with Gasteiger partial charge in [-0.05, 0) is 31.0 Å². The predicted octanol–water partition coefficient (Wildman–Crippen LogP) is 2.79. The van der Waals surface area contributed by atoms with Gasteiger partial charge in [-0.15, -0.1) is 11.8 Å². The molecule has 1 amide bonds. The summed E-state index contributed by atoms with van der Waals surface area (Å²) in [4.78, 5) is 20.1. The van der Waals surface area contributed by atoms with E-state index in [4.69, 9.17) is 0 Å². The summed E-state index contributed by atoms with van der Waals surface area (Å²) in [6.45, 7) is 2.59. The van der Waals surface area contributed by atoms with Crippen molar-refractivity contribution in [3.8, 4) is 0 Å². The van der Waals surface area contributed by atoms with Crippen molar-refractivity contribution in [2.75, 3.05) is 19.0 Å². The molecule has 0 spiro atoms. The lowest BCUT2D eigenvalue weighted by Crippen LogP contribution is -2.32. The molecule has 120 valence electrons. The number of hydrogen-bond acceptors (Lipinski definition) is 4. The molecule has 1 aliphatic rings. The van der Waals surface area contributed by atoms with Gasteiger partial charge in [-0.25, -0.2) is 4.98 Å². The summed E-state index contributed by atoms with van der Waals surface area (Å²) in [5.41, 5.74) is 3.54. The van der Waals surface area contributed by atoms with Crippen LogP contribution in [0.25, 0.3) is 0 Å². The number of carbonyl (C=O) groups is 1. The Morgan fingerprint density at radius 3 is 3.00 bits per heavy atom. The van der Waals surface area contributed by atoms with Gasteiger partial charge in [0.1, 0.15) is 5.82 Å². The molecule has 0 bridgehead atoms. The highest BCUT2D eigenvalue weighted by Gasteiger charge is 2.28. The maximum Gasteiger partial charge on any atom is 0.234 e. The topological polar surface area (TPSA) is 45.2 Å². The number of thioether (sulfide) groups is 1. The van der Waals surface area contributed by atoms with Crippen molar-refractivity contribution in [1.29, 1.82) is 0 Å². The van der Waals surface area contributed by atoms with E-state index in [1.54, 1.807) is 18.0 Å². The van der Waals surface area contributed by atoms with Crippen molar-refractivity contribution in [2.24, 2.45) is 0 Å². The van der Waals surface area contributed by atoms with Crippen LogP contribution in [0.15, 0.2) is 41.4 Å². The van der Waals surface area contributed by atoms with Gasteiger partial charge in [0.25, 0.3) is 0 Å². The quantitative estimate of drug-likeness (QED) is 0.938. The minimum Gasteiger partial charge on any atom is -0.362 e. The first-order valence-corrected chi connectivity index (χ1v) is 8.57. The molecule has 4 nitrogen and oxygen atoms in total. The Hall–Kier alpha value is -2.01. The zero-order chi connectivity index (χ0) is 16.4. The molecule has 1 aliphatic heterocycles. The Balaban J connectivity index is 1.63. The van der Waals surface area contributed by atoms with Gasteiger partial charge in [0.2, 0.25) is 5.91 Å². The van der Waals surface area contributed by atoms with Crippen LogP contribution in [-0.2, 0) is 17.8 Å². The van der Waals surface area contributed by atoms with Crippen LogP contribution >= 0.6 is 11.8 Å². The number of benzene rings is 1. The van der Waals surface area contributed by atoms with Crippen LogP contribution in [0.1, 0.15) is 16.7 Å². The van der Waals surface area contributed by atoms with E-state index in [-0.39, 0.29) is 11.2 Å². The molecule has 0 aliphatic carbocycles. The van der Waals surface area contributed by atoms with Crippen molar-refractivity contribution in [3.05, 3.63) is 53.2 Å². The highest BCUT2D eigenvalue weighted by molar-refractivity contribution is 8.01. The van der Waals surface area contributed by atoms with Gasteiger partial charge >= 0.3 is 0 Å². The normalized spacial score (nSPS) is 16.0. The van der Waals surface area contributed by atoms with Crippen LogP contribution in [0.5, 0.6) is 0 Å². The van der Waals surface area contributed by atoms with Gasteiger partial charge in [0.15, 0.2) is 0 Å². The molecule has 0 radical (unpaired) electrons. The van der Waals surface area contributed by atoms with Crippen LogP contribution in [0.4, 0.5) is 5.82 Å². The molecule has 1 atom stereocenters. The molecule has 2 aromatic rings. The number of nitrogens with one attached hydrogen (secondary N) is 1. The number of aromatic nitrogens is 1. The number of carbonyl (C=O) groups excluding carboxylic acids is 1. The van der Waals surface area contributed by atoms with E-state index >= 15 is 0 Å². The van der Waals surface area contributed by atoms with Gasteiger partial charge < -0.3 is 10.2 Å². The van der Waals surface area contributed by atoms with Crippen LogP contribution in [0.3, 0.4) is 0 Å². The third kappa shape index (κ3) is 3.50. The summed E-state index contributed by atoms with van der Waals surface area (Å²) in [6.07, 6.45) is 2.58. The first kappa shape index (κ1) is 15.9. The molecular formula is C18H21N3OS. The molecule has 1 aromatic heterocycles. The number of fused-ring (bicyclic) bond motifs is 1. The Labute approximate surface area is 141 Å². The standard InChI is InChI=1S/C18H21N3OS/c1-12-6-7-13-10-16(23-15(13)9-12)18(22)20-11-14-5-4-8-19-17(14)21(2)3/h4-9,16H,10-11H2,1-3H3,(H,20,22)/t16-/m0/s1. The van der Waals surface area contributed by atoms with E-state index in [1.807, 2.05) is 31.1 Å². The molecule has 0 fully saturated rings. The lowest BCUT2D eigenvalue weighted by Gasteiger charge is -2.17. The van der Waals surface area contributed by atoms with Crippen molar-refractivity contribution in [2.45, 2.75) is 30.0 Å². The minimum absolute atomic E-state index is 0.0359. The first-order chi connectivity index (χ1) is 11.0. The monoisotopic (exact) mass is 327 g/mol. The van der Waals surface area contributed by atoms with E-state index < -0.39 is 0 Å². The van der Waals surface area contributed by atoms with Crippen molar-refractivity contribution in [3.63, 3.8) is 0 Å². The van der Waals surface area contributed by atoms with Gasteiger partial charge in [-0.2, -0.15) is 0 Å². The number of rotatable bonds is 4. The zero-order valence-corrected chi connectivity index (χ0v) is 14.5. The van der Waals surface area contributed by atoms with Crippen LogP contribution in [0, 0.1) is 6.92 Å². The zero-order valence-electron chi connectivity index (χ0n) is 13.7. The van der Waals surface area contributed by atoms with Crippen molar-refractivity contribution in [1.82, 2.24) is 10.3 Å². The van der Waals surface area contributed by atoms with Crippen molar-refractivity contribution >= 4 is 23.5 Å². The fraction of sp³-hybridized carbons (Fsp3) is 0.333. The summed E-state index contributed by atoms with van der Waals surface area (Å²) in [5.74, 6) is 0.989. The third-order valence-corrected chi connectivity index (χ3v) is 5.23. The molecule has 3 rings (SSSR count). The Kier molecular flexibility index (Phi) is 4.57. The molecule has 23 heavy (non-hydrogen) atoms. The van der Waals surface area contributed by atoms with Gasteiger partial charge in [0, 0.05) is 37.3 Å². The van der Waals surface area contributed by atoms with Gasteiger partial charge in [-0.1, -0.05) is 23.8 Å². The second-order valence-electron chi connectivity index (χ2n) is 6.02. The summed E-state index contributed by atoms with van der Waals surface area (Å²) < 4.78 is 0. The molecule has 0 saturated heterocycles. The molecule has 2 heterocycles. The van der Waals surface area contributed by atoms with Gasteiger partial charge in [-0.3, -0.25) is 4.79 Å². The number of aryl methyl sites for hydroxylation is 1. The number of hydrogen-bond donors (Lipinski definition) is 1. The molecule has 0 unspecified atom stereocenters. The molecule has 5 heteroatoms. The number of amides is 1. The smallest absolute Gasteiger partial charge is 0.234 e. The number of pyridine rings is 1. The maximum atomic E-state index is 12.5. The SMILES string of the molecule is Cc1ccc2c(c1)S[C@H](C(=O)NCc1cccnc1N(C)C)C2. The molecule has 0 saturated carbocycles. The minimum atomic E-state index is -0.0359. The first-order valence-electron chi connectivity index (χ1n) is 7.69. The van der Waals surface area contributed by atoms with Crippen LogP contribution in [0.2, 0.25) is 0 Å². The van der Waals surface area contributed by atoms with Crippen molar-refractivity contribution < 1.29 is 4.79 Å². The fourth-order valence-corrected chi connectivity index (χ4v) is 4.06. The maximum absolute atomic E-state index is 12.5. The second kappa shape index (κ2) is 6.62. The van der Waals surface area contributed by atoms with E-state index in [2.05, 4.69) is 35.4 Å². The second-order valence-corrected chi connectivity index (χ2v) is 7.26. The fourth-order valence-electron chi connectivity index (χ4n) is 2.75. The number of nitrogens with zero attached hydrogens (tertiary/aromatic N) is 2. The van der Waals surface area contributed by atoms with Crippen LogP contribution in [-0.4, -0.2) is 30.2 Å². The molecular weight excluding hydrogens is 306 g/mol. The van der Waals surface area contributed by atoms with E-state index in [0.29, 0.717) is 6.54 Å². The summed E-state index contributed by atoms with van der Waals surface area (Å²) in [5, 5.41) is 3.02. The average Bonchev–Trinajstić information content (AvgIpc) is 2.95. The molecule has 1 aromatic carbocycles. The summed E-state index contributed by atoms with van der Waals surface area (Å²) >= 11 is 1.67. The van der Waals surface area contributed by atoms with E-state index in [0.717, 1.165) is 17.8 Å². The van der Waals surface area contributed by atoms with Crippen LogP contribution < -0.4 is 10.2 Å². The lowest BCUT2D eigenvalue weighted by molar-refractivity contribution is -0.120. The number of anilines is 1. The Morgan fingerprint density at radius 2 is 2.22 bits per heavy atom. The van der Waals surface area contributed by atoms with E-state index in [1.165, 1.54) is 16.0 Å². The largest absolute Gasteiger partial charge is 0.362 e. The third-order valence-electron chi connectivity index (χ3n) is 3.93. The lowest BCUT2D eigenvalue weighted by atomic mass is 10.1. The Bertz CT molecular complexity index is 730. The summed E-state index contributed by atoms with van der Waals surface area (Å²) in [7, 11) is 3.92. The van der Waals surface area contributed by atoms with E-state index in [9.17, 15) is 4.79 Å².